The molecule has 172 valence electrons. The number of piperidine rings is 1. The fourth-order valence-electron chi connectivity index (χ4n) is 3.04. The molecule has 1 heterocycles. The number of phenolic OH excluding ortho intramolecular Hbond substituents is 1. The van der Waals surface area contributed by atoms with Crippen molar-refractivity contribution >= 4 is 40.0 Å². The normalized spacial score (nSPS) is 16.7. The lowest BCUT2D eigenvalue weighted by molar-refractivity contribution is -0.0494. The van der Waals surface area contributed by atoms with E-state index in [9.17, 15) is 26.7 Å². The van der Waals surface area contributed by atoms with E-state index in [1.165, 1.54) is 0 Å². The van der Waals surface area contributed by atoms with Crippen molar-refractivity contribution in [3.05, 3.63) is 29.8 Å². The molecular weight excluding hydrogens is 536 g/mol. The smallest absolute Gasteiger partial charge is 0.508 e. The van der Waals surface area contributed by atoms with Gasteiger partial charge in [0.2, 0.25) is 0 Å². The maximum absolute atomic E-state index is 12.7. The Morgan fingerprint density at radius 1 is 1.23 bits per heavy atom. The van der Waals surface area contributed by atoms with Crippen LogP contribution in [0.3, 0.4) is 0 Å². The zero-order valence-corrected chi connectivity index (χ0v) is 19.8. The summed E-state index contributed by atoms with van der Waals surface area (Å²) in [6.45, 7) is 2.73. The molecule has 1 fully saturated rings. The fraction of sp³-hybridized carbons (Fsp3) is 0.611. The molecule has 0 unspecified atom stereocenters. The van der Waals surface area contributed by atoms with Gasteiger partial charge in [-0.25, -0.2) is 8.42 Å². The van der Waals surface area contributed by atoms with Crippen LogP contribution >= 0.6 is 24.0 Å². The van der Waals surface area contributed by atoms with Gasteiger partial charge in [-0.1, -0.05) is 12.1 Å². The summed E-state index contributed by atoms with van der Waals surface area (Å²) < 4.78 is 61.4. The third kappa shape index (κ3) is 7.76. The predicted octanol–water partition coefficient (Wildman–Crippen LogP) is 2.81. The number of nitrogens with zero attached hydrogens (tertiary/aromatic N) is 2. The number of aryl methyl sites for hydroxylation is 1. The second-order valence-corrected chi connectivity index (χ2v) is 8.73. The van der Waals surface area contributed by atoms with Crippen LogP contribution in [0.2, 0.25) is 0 Å². The Kier molecular flexibility index (Phi) is 10.6. The zero-order chi connectivity index (χ0) is 21.5. The number of alkyl halides is 3. The Hall–Kier alpha value is -1.28. The maximum Gasteiger partial charge on any atom is 0.511 e. The first kappa shape index (κ1) is 26.8. The summed E-state index contributed by atoms with van der Waals surface area (Å²) >= 11 is 0. The maximum atomic E-state index is 12.7. The van der Waals surface area contributed by atoms with E-state index in [-0.39, 0.29) is 61.7 Å². The van der Waals surface area contributed by atoms with Crippen molar-refractivity contribution in [2.75, 3.05) is 26.2 Å². The van der Waals surface area contributed by atoms with E-state index in [0.717, 1.165) is 18.4 Å². The zero-order valence-electron chi connectivity index (χ0n) is 16.7. The summed E-state index contributed by atoms with van der Waals surface area (Å²) in [5.74, 6) is 0.787. The minimum atomic E-state index is -5.26. The number of hydrogen-bond acceptors (Lipinski definition) is 4. The summed E-state index contributed by atoms with van der Waals surface area (Å²) in [6, 6.07) is 6.83. The molecule has 1 aliphatic heterocycles. The highest BCUT2D eigenvalue weighted by atomic mass is 127. The topological polar surface area (TPSA) is 94.0 Å². The molecule has 0 amide bonds. The van der Waals surface area contributed by atoms with Crippen LogP contribution in [0.4, 0.5) is 13.2 Å². The van der Waals surface area contributed by atoms with Crippen molar-refractivity contribution in [3.8, 4) is 5.75 Å². The fourth-order valence-corrected chi connectivity index (χ4v) is 4.02. The number of rotatable bonds is 7. The first-order chi connectivity index (χ1) is 13.6. The Balaban J connectivity index is 0.00000450. The molecule has 0 spiro atoms. The van der Waals surface area contributed by atoms with E-state index >= 15 is 0 Å². The molecule has 30 heavy (non-hydrogen) atoms. The molecule has 1 saturated heterocycles. The largest absolute Gasteiger partial charge is 0.511 e. The molecule has 0 radical (unpaired) electrons. The van der Waals surface area contributed by atoms with Crippen molar-refractivity contribution in [3.63, 3.8) is 0 Å². The van der Waals surface area contributed by atoms with E-state index in [1.54, 1.807) is 12.1 Å². The lowest BCUT2D eigenvalue weighted by atomic mass is 10.1. The van der Waals surface area contributed by atoms with Gasteiger partial charge in [-0.15, -0.1) is 24.0 Å². The summed E-state index contributed by atoms with van der Waals surface area (Å²) in [7, 11) is -5.26. The van der Waals surface area contributed by atoms with Crippen molar-refractivity contribution < 1.29 is 26.7 Å². The van der Waals surface area contributed by atoms with Gasteiger partial charge in [-0.05, 0) is 50.3 Å². The average Bonchev–Trinajstić information content (AvgIpc) is 2.66. The minimum absolute atomic E-state index is 0. The number of nitrogens with one attached hydrogen (secondary N) is 2. The number of sulfonamides is 1. The Bertz CT molecular complexity index is 781. The SMILES string of the molecule is CCNC(=NCCCc1ccc(O)cc1)NC1CCN(S(=O)(=O)C(F)(F)F)CC1.I. The molecule has 1 aromatic rings. The highest BCUT2D eigenvalue weighted by molar-refractivity contribution is 14.0. The molecule has 0 bridgehead atoms. The average molecular weight is 564 g/mol. The van der Waals surface area contributed by atoms with Crippen LogP contribution in [0, 0.1) is 0 Å². The van der Waals surface area contributed by atoms with Crippen LogP contribution in [-0.4, -0.2) is 61.5 Å². The van der Waals surface area contributed by atoms with Gasteiger partial charge in [-0.3, -0.25) is 4.99 Å². The van der Waals surface area contributed by atoms with Crippen molar-refractivity contribution in [1.29, 1.82) is 0 Å². The molecule has 0 atom stereocenters. The number of phenols is 1. The molecule has 0 aromatic heterocycles. The second-order valence-electron chi connectivity index (χ2n) is 6.80. The number of aromatic hydroxyl groups is 1. The first-order valence-corrected chi connectivity index (χ1v) is 11.0. The molecule has 12 heteroatoms. The van der Waals surface area contributed by atoms with E-state index in [2.05, 4.69) is 15.6 Å². The number of benzene rings is 1. The monoisotopic (exact) mass is 564 g/mol. The minimum Gasteiger partial charge on any atom is -0.508 e. The van der Waals surface area contributed by atoms with E-state index in [4.69, 9.17) is 0 Å². The quantitative estimate of drug-likeness (QED) is 0.205. The van der Waals surface area contributed by atoms with Crippen LogP contribution in [-0.2, 0) is 16.4 Å². The summed E-state index contributed by atoms with van der Waals surface area (Å²) in [5.41, 5.74) is -4.17. The summed E-state index contributed by atoms with van der Waals surface area (Å²) in [6.07, 6.45) is 2.14. The third-order valence-electron chi connectivity index (χ3n) is 4.60. The van der Waals surface area contributed by atoms with Crippen LogP contribution in [0.1, 0.15) is 31.7 Å². The number of aliphatic imine (C=N–C) groups is 1. The lowest BCUT2D eigenvalue weighted by Gasteiger charge is -2.32. The van der Waals surface area contributed by atoms with Crippen molar-refractivity contribution in [2.24, 2.45) is 4.99 Å². The van der Waals surface area contributed by atoms with Gasteiger partial charge in [0.25, 0.3) is 0 Å². The van der Waals surface area contributed by atoms with Crippen LogP contribution in [0.25, 0.3) is 0 Å². The summed E-state index contributed by atoms with van der Waals surface area (Å²) in [5, 5.41) is 15.6. The lowest BCUT2D eigenvalue weighted by Crippen LogP contribution is -2.51. The van der Waals surface area contributed by atoms with Gasteiger partial charge in [0, 0.05) is 32.2 Å². The number of hydrogen-bond donors (Lipinski definition) is 3. The molecule has 2 rings (SSSR count). The van der Waals surface area contributed by atoms with Gasteiger partial charge < -0.3 is 15.7 Å². The van der Waals surface area contributed by atoms with Gasteiger partial charge in [0.05, 0.1) is 0 Å². The highest BCUT2D eigenvalue weighted by Gasteiger charge is 2.50. The third-order valence-corrected chi connectivity index (χ3v) is 6.23. The molecule has 7 nitrogen and oxygen atoms in total. The molecule has 0 aliphatic carbocycles. The molecule has 0 saturated carbocycles. The van der Waals surface area contributed by atoms with E-state index in [0.29, 0.717) is 23.4 Å². The number of halogens is 4. The molecule has 3 N–H and O–H groups in total. The molecule has 1 aliphatic rings. The van der Waals surface area contributed by atoms with Gasteiger partial charge in [0.1, 0.15) is 5.75 Å². The van der Waals surface area contributed by atoms with E-state index < -0.39 is 15.5 Å². The molecular formula is C18H28F3IN4O3S. The van der Waals surface area contributed by atoms with Gasteiger partial charge in [0.15, 0.2) is 5.96 Å². The van der Waals surface area contributed by atoms with Gasteiger partial charge in [-0.2, -0.15) is 17.5 Å². The predicted molar refractivity (Wildman–Crippen MR) is 121 cm³/mol. The summed E-state index contributed by atoms with van der Waals surface area (Å²) in [4.78, 5) is 4.48. The highest BCUT2D eigenvalue weighted by Crippen LogP contribution is 2.28. The number of guanidine groups is 1. The van der Waals surface area contributed by atoms with Crippen molar-refractivity contribution in [1.82, 2.24) is 14.9 Å². The van der Waals surface area contributed by atoms with E-state index in [1.807, 2.05) is 19.1 Å². The Morgan fingerprint density at radius 2 is 1.83 bits per heavy atom. The van der Waals surface area contributed by atoms with Crippen LogP contribution in [0.5, 0.6) is 5.75 Å². The Labute approximate surface area is 192 Å². The Morgan fingerprint density at radius 3 is 2.37 bits per heavy atom. The second kappa shape index (κ2) is 11.9. The first-order valence-electron chi connectivity index (χ1n) is 9.52. The van der Waals surface area contributed by atoms with Crippen molar-refractivity contribution in [2.45, 2.75) is 44.2 Å². The molecule has 1 aromatic carbocycles. The van der Waals surface area contributed by atoms with Crippen LogP contribution in [0.15, 0.2) is 29.3 Å². The van der Waals surface area contributed by atoms with Crippen LogP contribution < -0.4 is 10.6 Å². The standard InChI is InChI=1S/C18H27F3N4O3S.HI/c1-2-22-17(23-11-3-4-14-5-7-16(26)8-6-14)24-15-9-12-25(13-10-15)29(27,28)18(19,20)21;/h5-8,15,26H,2-4,9-13H2,1H3,(H2,22,23,24);1H. The van der Waals surface area contributed by atoms with Gasteiger partial charge >= 0.3 is 15.5 Å².